The maximum Gasteiger partial charge on any atom is 0.329 e. The molecule has 1 fully saturated rings. The molecule has 0 aliphatic heterocycles. The highest BCUT2D eigenvalue weighted by atomic mass is 16.4. The molecule has 4 nitrogen and oxygen atoms in total. The van der Waals surface area contributed by atoms with Gasteiger partial charge < -0.3 is 10.4 Å². The molecule has 2 aromatic rings. The van der Waals surface area contributed by atoms with Gasteiger partial charge in [0.2, 0.25) is 5.91 Å². The number of hydrogen-bond donors (Lipinski definition) is 2. The van der Waals surface area contributed by atoms with Gasteiger partial charge in [0.25, 0.3) is 0 Å². The molecule has 23 heavy (non-hydrogen) atoms. The molecule has 0 spiro atoms. The number of hydrogen-bond acceptors (Lipinski definition) is 2. The zero-order chi connectivity index (χ0) is 16.3. The van der Waals surface area contributed by atoms with Crippen LogP contribution in [0.5, 0.6) is 0 Å². The lowest BCUT2D eigenvalue weighted by atomic mass is 9.65. The molecule has 2 aromatic carbocycles. The average Bonchev–Trinajstić information content (AvgIpc) is 2.52. The van der Waals surface area contributed by atoms with Crippen molar-refractivity contribution in [2.45, 2.75) is 30.7 Å². The van der Waals surface area contributed by atoms with Gasteiger partial charge in [0.1, 0.15) is 5.54 Å². The van der Waals surface area contributed by atoms with E-state index in [0.717, 1.165) is 11.1 Å². The number of carboxylic acids is 1. The normalized spacial score (nSPS) is 22.9. The van der Waals surface area contributed by atoms with Crippen LogP contribution in [0.15, 0.2) is 60.7 Å². The van der Waals surface area contributed by atoms with E-state index in [1.165, 1.54) is 0 Å². The molecule has 0 bridgehead atoms. The van der Waals surface area contributed by atoms with Crippen LogP contribution in [0.4, 0.5) is 0 Å². The van der Waals surface area contributed by atoms with Crippen molar-refractivity contribution >= 4 is 11.9 Å². The smallest absolute Gasteiger partial charge is 0.329 e. The molecule has 118 valence electrons. The number of benzene rings is 2. The topological polar surface area (TPSA) is 66.4 Å². The van der Waals surface area contributed by atoms with Crippen LogP contribution in [0, 0.1) is 0 Å². The molecular weight excluding hydrogens is 290 g/mol. The number of carboxylic acid groups (broad SMARTS) is 1. The molecule has 1 aliphatic carbocycles. The van der Waals surface area contributed by atoms with Gasteiger partial charge >= 0.3 is 5.97 Å². The second-order valence-electron chi connectivity index (χ2n) is 6.11. The first-order valence-electron chi connectivity index (χ1n) is 7.72. The quantitative estimate of drug-likeness (QED) is 0.892. The van der Waals surface area contributed by atoms with Crippen molar-refractivity contribution in [3.8, 4) is 0 Å². The minimum Gasteiger partial charge on any atom is -0.480 e. The van der Waals surface area contributed by atoms with Gasteiger partial charge in [0.05, 0.1) is 6.42 Å². The Balaban J connectivity index is 1.65. The summed E-state index contributed by atoms with van der Waals surface area (Å²) in [5.74, 6) is -1.01. The van der Waals surface area contributed by atoms with Gasteiger partial charge in [-0.05, 0) is 29.9 Å². The van der Waals surface area contributed by atoms with Crippen LogP contribution >= 0.6 is 0 Å². The second kappa shape index (κ2) is 6.24. The Kier molecular flexibility index (Phi) is 4.15. The molecule has 0 radical (unpaired) electrons. The number of aliphatic carboxylic acids is 1. The number of carbonyl (C=O) groups is 2. The molecular formula is C19H19NO3. The second-order valence-corrected chi connectivity index (χ2v) is 6.11. The summed E-state index contributed by atoms with van der Waals surface area (Å²) >= 11 is 0. The van der Waals surface area contributed by atoms with E-state index in [2.05, 4.69) is 5.32 Å². The predicted octanol–water partition coefficient (Wildman–Crippen LogP) is 2.75. The monoisotopic (exact) mass is 309 g/mol. The zero-order valence-electron chi connectivity index (χ0n) is 12.7. The Hall–Kier alpha value is -2.62. The molecule has 0 unspecified atom stereocenters. The van der Waals surface area contributed by atoms with Gasteiger partial charge in [-0.15, -0.1) is 0 Å². The summed E-state index contributed by atoms with van der Waals surface area (Å²) in [7, 11) is 0. The van der Waals surface area contributed by atoms with Gasteiger partial charge in [-0.2, -0.15) is 0 Å². The fraction of sp³-hybridized carbons (Fsp3) is 0.263. The summed E-state index contributed by atoms with van der Waals surface area (Å²) < 4.78 is 0. The fourth-order valence-electron chi connectivity index (χ4n) is 3.16. The van der Waals surface area contributed by atoms with Gasteiger partial charge in [0, 0.05) is 0 Å². The van der Waals surface area contributed by atoms with Crippen molar-refractivity contribution in [1.29, 1.82) is 0 Å². The van der Waals surface area contributed by atoms with Crippen LogP contribution < -0.4 is 5.32 Å². The van der Waals surface area contributed by atoms with E-state index in [1.54, 1.807) is 0 Å². The standard InChI is InChI=1S/C19H19NO3/c21-17(11-14-7-3-1-4-8-14)20-19(18(22)23)12-16(13-19)15-9-5-2-6-10-15/h1-10,16H,11-13H2,(H,20,21)(H,22,23). The minimum absolute atomic E-state index is 0.185. The lowest BCUT2D eigenvalue weighted by Crippen LogP contribution is -2.62. The summed E-state index contributed by atoms with van der Waals surface area (Å²) in [4.78, 5) is 23.8. The van der Waals surface area contributed by atoms with Crippen LogP contribution in [-0.2, 0) is 16.0 Å². The minimum atomic E-state index is -1.13. The Bertz CT molecular complexity index is 691. The molecule has 1 aliphatic rings. The molecule has 3 rings (SSSR count). The van der Waals surface area contributed by atoms with Gasteiger partial charge in [0.15, 0.2) is 0 Å². The fourth-order valence-corrected chi connectivity index (χ4v) is 3.16. The van der Waals surface area contributed by atoms with Gasteiger partial charge in [-0.25, -0.2) is 4.79 Å². The van der Waals surface area contributed by atoms with E-state index in [-0.39, 0.29) is 18.2 Å². The van der Waals surface area contributed by atoms with Crippen LogP contribution in [0.1, 0.15) is 29.9 Å². The van der Waals surface area contributed by atoms with Crippen LogP contribution in [0.3, 0.4) is 0 Å². The molecule has 0 saturated heterocycles. The number of rotatable bonds is 5. The maximum atomic E-state index is 12.2. The average molecular weight is 309 g/mol. The van der Waals surface area contributed by atoms with Crippen molar-refractivity contribution < 1.29 is 14.7 Å². The first-order chi connectivity index (χ1) is 11.1. The van der Waals surface area contributed by atoms with Crippen molar-refractivity contribution in [2.24, 2.45) is 0 Å². The van der Waals surface area contributed by atoms with Crippen molar-refractivity contribution in [2.75, 3.05) is 0 Å². The summed E-state index contributed by atoms with van der Waals surface area (Å²) in [6, 6.07) is 19.2. The van der Waals surface area contributed by atoms with E-state index >= 15 is 0 Å². The molecule has 2 N–H and O–H groups in total. The molecule has 0 atom stereocenters. The Morgan fingerprint density at radius 2 is 1.57 bits per heavy atom. The Morgan fingerprint density at radius 3 is 2.13 bits per heavy atom. The summed E-state index contributed by atoms with van der Waals surface area (Å²) in [5.41, 5.74) is 0.873. The lowest BCUT2D eigenvalue weighted by molar-refractivity contribution is -0.152. The first-order valence-corrected chi connectivity index (χ1v) is 7.72. The highest BCUT2D eigenvalue weighted by molar-refractivity contribution is 5.89. The third-order valence-electron chi connectivity index (χ3n) is 4.46. The van der Waals surface area contributed by atoms with Crippen LogP contribution in [0.2, 0.25) is 0 Å². The van der Waals surface area contributed by atoms with E-state index < -0.39 is 11.5 Å². The first kappa shape index (κ1) is 15.3. The maximum absolute atomic E-state index is 12.2. The lowest BCUT2D eigenvalue weighted by Gasteiger charge is -2.45. The molecule has 1 saturated carbocycles. The zero-order valence-corrected chi connectivity index (χ0v) is 12.7. The van der Waals surface area contributed by atoms with E-state index in [4.69, 9.17) is 0 Å². The predicted molar refractivity (Wildman–Crippen MR) is 87.1 cm³/mol. The molecule has 4 heteroatoms. The summed E-state index contributed by atoms with van der Waals surface area (Å²) in [5, 5.41) is 12.3. The van der Waals surface area contributed by atoms with E-state index in [1.807, 2.05) is 60.7 Å². The number of nitrogens with one attached hydrogen (secondary N) is 1. The highest BCUT2D eigenvalue weighted by Gasteiger charge is 2.51. The Morgan fingerprint density at radius 1 is 1.00 bits per heavy atom. The van der Waals surface area contributed by atoms with Crippen LogP contribution in [0.25, 0.3) is 0 Å². The summed E-state index contributed by atoms with van der Waals surface area (Å²) in [6.45, 7) is 0. The largest absolute Gasteiger partial charge is 0.480 e. The van der Waals surface area contributed by atoms with Crippen LogP contribution in [-0.4, -0.2) is 22.5 Å². The van der Waals surface area contributed by atoms with Gasteiger partial charge in [-0.1, -0.05) is 60.7 Å². The third-order valence-corrected chi connectivity index (χ3v) is 4.46. The highest BCUT2D eigenvalue weighted by Crippen LogP contribution is 2.44. The molecule has 0 heterocycles. The molecule has 0 aromatic heterocycles. The molecule has 1 amide bonds. The Labute approximate surface area is 135 Å². The van der Waals surface area contributed by atoms with E-state index in [0.29, 0.717) is 12.8 Å². The third kappa shape index (κ3) is 3.26. The number of carbonyl (C=O) groups excluding carboxylic acids is 1. The van der Waals surface area contributed by atoms with Crippen molar-refractivity contribution in [3.05, 3.63) is 71.8 Å². The van der Waals surface area contributed by atoms with Gasteiger partial charge in [-0.3, -0.25) is 4.79 Å². The van der Waals surface area contributed by atoms with Crippen molar-refractivity contribution in [3.63, 3.8) is 0 Å². The number of amides is 1. The van der Waals surface area contributed by atoms with E-state index in [9.17, 15) is 14.7 Å². The summed E-state index contributed by atoms with van der Waals surface area (Å²) in [6.07, 6.45) is 1.08. The SMILES string of the molecule is O=C(Cc1ccccc1)NC1(C(=O)O)CC(c2ccccc2)C1. The van der Waals surface area contributed by atoms with Crippen molar-refractivity contribution in [1.82, 2.24) is 5.32 Å².